The monoisotopic (exact) mass is 268 g/mol. The third-order valence-corrected chi connectivity index (χ3v) is 2.62. The van der Waals surface area contributed by atoms with Crippen LogP contribution in [0.15, 0.2) is 18.2 Å². The predicted octanol–water partition coefficient (Wildman–Crippen LogP) is 3.20. The zero-order chi connectivity index (χ0) is 13.3. The van der Waals surface area contributed by atoms with E-state index in [1.165, 1.54) is 12.1 Å². The average Bonchev–Trinajstić information content (AvgIpc) is 2.32. The van der Waals surface area contributed by atoms with Crippen molar-refractivity contribution in [2.75, 3.05) is 0 Å². The Labute approximate surface area is 106 Å². The highest BCUT2D eigenvalue weighted by molar-refractivity contribution is 6.32. The summed E-state index contributed by atoms with van der Waals surface area (Å²) in [5, 5.41) is -0.0869. The van der Waals surface area contributed by atoms with Gasteiger partial charge in [-0.15, -0.1) is 0 Å². The van der Waals surface area contributed by atoms with Crippen LogP contribution in [0, 0.1) is 18.6 Å². The standard InChI is InChI=1S/C12H7ClF2N2O/c1-6-16-11(8(5-18)12(13)17-6)7-3-2-4-9(14)10(7)15/h2-5H,1H3. The van der Waals surface area contributed by atoms with Crippen LogP contribution in [-0.2, 0) is 0 Å². The van der Waals surface area contributed by atoms with Gasteiger partial charge in [0.25, 0.3) is 0 Å². The highest BCUT2D eigenvalue weighted by atomic mass is 35.5. The molecule has 92 valence electrons. The molecular weight excluding hydrogens is 262 g/mol. The highest BCUT2D eigenvalue weighted by Crippen LogP contribution is 2.28. The molecule has 1 aromatic carbocycles. The molecule has 3 nitrogen and oxygen atoms in total. The molecule has 0 N–H and O–H groups in total. The summed E-state index contributed by atoms with van der Waals surface area (Å²) >= 11 is 5.78. The van der Waals surface area contributed by atoms with E-state index in [9.17, 15) is 13.6 Å². The number of carbonyl (C=O) groups is 1. The van der Waals surface area contributed by atoms with E-state index < -0.39 is 11.6 Å². The molecule has 0 aliphatic rings. The third kappa shape index (κ3) is 2.09. The molecule has 1 aromatic heterocycles. The summed E-state index contributed by atoms with van der Waals surface area (Å²) in [6, 6.07) is 3.63. The fourth-order valence-electron chi connectivity index (χ4n) is 1.54. The Hall–Kier alpha value is -1.88. The number of nitrogens with zero attached hydrogens (tertiary/aromatic N) is 2. The first-order chi connectivity index (χ1) is 8.54. The number of rotatable bonds is 2. The Balaban J connectivity index is 2.78. The van der Waals surface area contributed by atoms with Crippen LogP contribution in [0.3, 0.4) is 0 Å². The van der Waals surface area contributed by atoms with Crippen molar-refractivity contribution in [2.24, 2.45) is 0 Å². The molecule has 2 rings (SSSR count). The molecule has 2 aromatic rings. The Bertz CT molecular complexity index is 632. The number of aromatic nitrogens is 2. The molecule has 0 atom stereocenters. The number of carbonyl (C=O) groups excluding carboxylic acids is 1. The first kappa shape index (κ1) is 12.6. The summed E-state index contributed by atoms with van der Waals surface area (Å²) < 4.78 is 26.8. The molecule has 0 aliphatic carbocycles. The molecule has 1 heterocycles. The number of hydrogen-bond acceptors (Lipinski definition) is 3. The first-order valence-electron chi connectivity index (χ1n) is 4.98. The Kier molecular flexibility index (Phi) is 3.34. The lowest BCUT2D eigenvalue weighted by molar-refractivity contribution is 0.112. The van der Waals surface area contributed by atoms with Gasteiger partial charge in [-0.2, -0.15) is 0 Å². The predicted molar refractivity (Wildman–Crippen MR) is 62.5 cm³/mol. The van der Waals surface area contributed by atoms with Crippen molar-refractivity contribution in [1.29, 1.82) is 0 Å². The van der Waals surface area contributed by atoms with E-state index in [1.807, 2.05) is 0 Å². The van der Waals surface area contributed by atoms with E-state index in [1.54, 1.807) is 6.92 Å². The molecule has 0 fully saturated rings. The molecule has 0 saturated heterocycles. The van der Waals surface area contributed by atoms with Crippen LogP contribution in [0.5, 0.6) is 0 Å². The van der Waals surface area contributed by atoms with Gasteiger partial charge in [0.15, 0.2) is 17.9 Å². The Morgan fingerprint density at radius 3 is 2.67 bits per heavy atom. The van der Waals surface area contributed by atoms with Gasteiger partial charge in [-0.25, -0.2) is 18.7 Å². The Morgan fingerprint density at radius 1 is 1.28 bits per heavy atom. The van der Waals surface area contributed by atoms with Crippen molar-refractivity contribution >= 4 is 17.9 Å². The fraction of sp³-hybridized carbons (Fsp3) is 0.0833. The van der Waals surface area contributed by atoms with Crippen LogP contribution in [0.2, 0.25) is 5.15 Å². The largest absolute Gasteiger partial charge is 0.298 e. The van der Waals surface area contributed by atoms with E-state index in [4.69, 9.17) is 11.6 Å². The minimum absolute atomic E-state index is 0.0144. The molecule has 18 heavy (non-hydrogen) atoms. The van der Waals surface area contributed by atoms with Crippen LogP contribution in [0.25, 0.3) is 11.3 Å². The van der Waals surface area contributed by atoms with E-state index in [0.29, 0.717) is 6.29 Å². The molecule has 0 radical (unpaired) electrons. The summed E-state index contributed by atoms with van der Waals surface area (Å²) in [6.45, 7) is 1.54. The van der Waals surface area contributed by atoms with E-state index >= 15 is 0 Å². The summed E-state index contributed by atoms with van der Waals surface area (Å²) in [4.78, 5) is 18.7. The molecule has 0 saturated carbocycles. The quantitative estimate of drug-likeness (QED) is 0.620. The minimum atomic E-state index is -1.07. The topological polar surface area (TPSA) is 42.9 Å². The SMILES string of the molecule is Cc1nc(Cl)c(C=O)c(-c2cccc(F)c2F)n1. The second-order valence-electron chi connectivity index (χ2n) is 3.54. The van der Waals surface area contributed by atoms with Crippen molar-refractivity contribution in [2.45, 2.75) is 6.92 Å². The molecule has 6 heteroatoms. The van der Waals surface area contributed by atoms with E-state index in [0.717, 1.165) is 6.07 Å². The van der Waals surface area contributed by atoms with Gasteiger partial charge in [-0.3, -0.25) is 4.79 Å². The Morgan fingerprint density at radius 2 is 2.00 bits per heavy atom. The maximum absolute atomic E-state index is 13.7. The minimum Gasteiger partial charge on any atom is -0.298 e. The lowest BCUT2D eigenvalue weighted by Gasteiger charge is -2.08. The van der Waals surface area contributed by atoms with Gasteiger partial charge >= 0.3 is 0 Å². The fourth-order valence-corrected chi connectivity index (χ4v) is 1.80. The summed E-state index contributed by atoms with van der Waals surface area (Å²) in [5.74, 6) is -1.82. The van der Waals surface area contributed by atoms with Crippen LogP contribution in [0.4, 0.5) is 8.78 Å². The van der Waals surface area contributed by atoms with Crippen molar-refractivity contribution in [3.8, 4) is 11.3 Å². The van der Waals surface area contributed by atoms with Gasteiger partial charge in [-0.1, -0.05) is 17.7 Å². The lowest BCUT2D eigenvalue weighted by atomic mass is 10.1. The second kappa shape index (κ2) is 4.78. The van der Waals surface area contributed by atoms with Crippen LogP contribution in [-0.4, -0.2) is 16.3 Å². The number of hydrogen-bond donors (Lipinski definition) is 0. The van der Waals surface area contributed by atoms with E-state index in [-0.39, 0.29) is 27.8 Å². The van der Waals surface area contributed by atoms with E-state index in [2.05, 4.69) is 9.97 Å². The summed E-state index contributed by atoms with van der Waals surface area (Å²) in [6.07, 6.45) is 0.418. The van der Waals surface area contributed by atoms with Crippen molar-refractivity contribution in [3.05, 3.63) is 46.4 Å². The first-order valence-corrected chi connectivity index (χ1v) is 5.36. The zero-order valence-corrected chi connectivity index (χ0v) is 10.0. The smallest absolute Gasteiger partial charge is 0.168 e. The normalized spacial score (nSPS) is 10.4. The van der Waals surface area contributed by atoms with Gasteiger partial charge in [0.2, 0.25) is 0 Å². The molecule has 0 unspecified atom stereocenters. The average molecular weight is 269 g/mol. The summed E-state index contributed by atoms with van der Waals surface area (Å²) in [5.41, 5.74) is -0.198. The number of aldehydes is 1. The maximum Gasteiger partial charge on any atom is 0.168 e. The van der Waals surface area contributed by atoms with Crippen LogP contribution >= 0.6 is 11.6 Å². The molecule has 0 spiro atoms. The third-order valence-electron chi connectivity index (χ3n) is 2.34. The maximum atomic E-state index is 13.7. The van der Waals surface area contributed by atoms with Crippen molar-refractivity contribution in [3.63, 3.8) is 0 Å². The lowest BCUT2D eigenvalue weighted by Crippen LogP contribution is -2.01. The van der Waals surface area contributed by atoms with Gasteiger partial charge in [-0.05, 0) is 19.1 Å². The van der Waals surface area contributed by atoms with Gasteiger partial charge in [0, 0.05) is 5.56 Å². The second-order valence-corrected chi connectivity index (χ2v) is 3.90. The molecule has 0 amide bonds. The van der Waals surface area contributed by atoms with Gasteiger partial charge in [0.1, 0.15) is 11.0 Å². The van der Waals surface area contributed by atoms with Crippen LogP contribution in [0.1, 0.15) is 16.2 Å². The van der Waals surface area contributed by atoms with Crippen molar-refractivity contribution in [1.82, 2.24) is 9.97 Å². The zero-order valence-electron chi connectivity index (χ0n) is 9.25. The molecule has 0 bridgehead atoms. The van der Waals surface area contributed by atoms with Crippen molar-refractivity contribution < 1.29 is 13.6 Å². The summed E-state index contributed by atoms with van der Waals surface area (Å²) in [7, 11) is 0. The van der Waals surface area contributed by atoms with Gasteiger partial charge < -0.3 is 0 Å². The number of benzene rings is 1. The highest BCUT2D eigenvalue weighted by Gasteiger charge is 2.17. The van der Waals surface area contributed by atoms with Gasteiger partial charge in [0.05, 0.1) is 11.3 Å². The number of halogens is 3. The van der Waals surface area contributed by atoms with Crippen LogP contribution < -0.4 is 0 Å². The molecular formula is C12H7ClF2N2O. The molecule has 0 aliphatic heterocycles. The number of aryl methyl sites for hydroxylation is 1.